The SMILES string of the molecule is COc1ccc(CC(=O)c2nc3ccccc3s2)cc1O. The van der Waals surface area contributed by atoms with Crippen LogP contribution in [0.3, 0.4) is 0 Å². The fraction of sp³-hybridized carbons (Fsp3) is 0.125. The molecule has 0 radical (unpaired) electrons. The zero-order valence-corrected chi connectivity index (χ0v) is 12.2. The lowest BCUT2D eigenvalue weighted by atomic mass is 10.1. The molecule has 4 nitrogen and oxygen atoms in total. The largest absolute Gasteiger partial charge is 0.504 e. The molecule has 1 heterocycles. The number of rotatable bonds is 4. The maximum absolute atomic E-state index is 12.3. The van der Waals surface area contributed by atoms with Gasteiger partial charge in [-0.25, -0.2) is 4.98 Å². The van der Waals surface area contributed by atoms with Gasteiger partial charge in [0.1, 0.15) is 0 Å². The summed E-state index contributed by atoms with van der Waals surface area (Å²) in [5.74, 6) is 0.374. The maximum Gasteiger partial charge on any atom is 0.195 e. The Morgan fingerprint density at radius 2 is 2.10 bits per heavy atom. The summed E-state index contributed by atoms with van der Waals surface area (Å²) in [4.78, 5) is 16.6. The molecule has 1 N–H and O–H groups in total. The van der Waals surface area contributed by atoms with Gasteiger partial charge in [0, 0.05) is 6.42 Å². The Bertz CT molecular complexity index is 777. The number of ether oxygens (including phenoxy) is 1. The van der Waals surface area contributed by atoms with Crippen LogP contribution in [0.2, 0.25) is 0 Å². The van der Waals surface area contributed by atoms with Crippen LogP contribution in [0, 0.1) is 0 Å². The summed E-state index contributed by atoms with van der Waals surface area (Å²) in [6.45, 7) is 0. The van der Waals surface area contributed by atoms with Gasteiger partial charge < -0.3 is 9.84 Å². The predicted molar refractivity (Wildman–Crippen MR) is 82.3 cm³/mol. The number of Topliss-reactive ketones (excluding diaryl/α,β-unsaturated/α-hetero) is 1. The lowest BCUT2D eigenvalue weighted by Crippen LogP contribution is -2.02. The van der Waals surface area contributed by atoms with Crippen molar-refractivity contribution in [2.75, 3.05) is 7.11 Å². The molecule has 3 aromatic rings. The van der Waals surface area contributed by atoms with Crippen molar-refractivity contribution in [3.8, 4) is 11.5 Å². The molecule has 0 fully saturated rings. The van der Waals surface area contributed by atoms with E-state index in [1.54, 1.807) is 18.2 Å². The summed E-state index contributed by atoms with van der Waals surface area (Å²) in [5, 5.41) is 10.2. The fourth-order valence-electron chi connectivity index (χ4n) is 2.10. The highest BCUT2D eigenvalue weighted by atomic mass is 32.1. The molecule has 0 bridgehead atoms. The van der Waals surface area contributed by atoms with Gasteiger partial charge in [-0.05, 0) is 29.8 Å². The number of nitrogens with zero attached hydrogens (tertiary/aromatic N) is 1. The van der Waals surface area contributed by atoms with Crippen LogP contribution in [-0.2, 0) is 6.42 Å². The molecule has 0 aliphatic carbocycles. The van der Waals surface area contributed by atoms with Crippen LogP contribution in [0.1, 0.15) is 15.4 Å². The zero-order chi connectivity index (χ0) is 14.8. The molecule has 0 atom stereocenters. The molecular weight excluding hydrogens is 286 g/mol. The second-order valence-electron chi connectivity index (χ2n) is 4.59. The molecule has 3 rings (SSSR count). The number of phenolic OH excluding ortho intramolecular Hbond substituents is 1. The van der Waals surface area contributed by atoms with Gasteiger partial charge >= 0.3 is 0 Å². The zero-order valence-electron chi connectivity index (χ0n) is 11.4. The number of ketones is 1. The normalized spacial score (nSPS) is 10.7. The average molecular weight is 299 g/mol. The first-order chi connectivity index (χ1) is 10.2. The molecule has 2 aromatic carbocycles. The Morgan fingerprint density at radius 3 is 2.81 bits per heavy atom. The van der Waals surface area contributed by atoms with E-state index in [2.05, 4.69) is 4.98 Å². The number of hydrogen-bond donors (Lipinski definition) is 1. The van der Waals surface area contributed by atoms with Crippen LogP contribution >= 0.6 is 11.3 Å². The monoisotopic (exact) mass is 299 g/mol. The van der Waals surface area contributed by atoms with Gasteiger partial charge in [-0.2, -0.15) is 0 Å². The molecule has 0 aliphatic heterocycles. The van der Waals surface area contributed by atoms with Crippen molar-refractivity contribution in [3.63, 3.8) is 0 Å². The van der Waals surface area contributed by atoms with Crippen LogP contribution in [0.25, 0.3) is 10.2 Å². The minimum Gasteiger partial charge on any atom is -0.504 e. The maximum atomic E-state index is 12.3. The van der Waals surface area contributed by atoms with Crippen molar-refractivity contribution >= 4 is 27.3 Å². The van der Waals surface area contributed by atoms with E-state index in [1.165, 1.54) is 18.4 Å². The van der Waals surface area contributed by atoms with E-state index in [-0.39, 0.29) is 18.0 Å². The van der Waals surface area contributed by atoms with E-state index >= 15 is 0 Å². The number of benzene rings is 2. The van der Waals surface area contributed by atoms with Crippen molar-refractivity contribution in [2.45, 2.75) is 6.42 Å². The molecule has 0 aliphatic rings. The van der Waals surface area contributed by atoms with Crippen LogP contribution < -0.4 is 4.74 Å². The lowest BCUT2D eigenvalue weighted by Gasteiger charge is -2.05. The van der Waals surface area contributed by atoms with E-state index in [9.17, 15) is 9.90 Å². The highest BCUT2D eigenvalue weighted by Gasteiger charge is 2.13. The first-order valence-corrected chi connectivity index (χ1v) is 7.23. The van der Waals surface area contributed by atoms with Gasteiger partial charge in [0.25, 0.3) is 0 Å². The molecule has 1 aromatic heterocycles. The number of carbonyl (C=O) groups excluding carboxylic acids is 1. The second-order valence-corrected chi connectivity index (χ2v) is 5.62. The smallest absolute Gasteiger partial charge is 0.195 e. The number of aromatic nitrogens is 1. The third-order valence-corrected chi connectivity index (χ3v) is 4.22. The third-order valence-electron chi connectivity index (χ3n) is 3.14. The predicted octanol–water partition coefficient (Wildman–Crippen LogP) is 3.44. The number of thiazole rings is 1. The van der Waals surface area contributed by atoms with Crippen LogP contribution in [0.4, 0.5) is 0 Å². The Hall–Kier alpha value is -2.40. The van der Waals surface area contributed by atoms with Gasteiger partial charge in [-0.15, -0.1) is 11.3 Å². The summed E-state index contributed by atoms with van der Waals surface area (Å²) in [7, 11) is 1.49. The van der Waals surface area contributed by atoms with Gasteiger partial charge in [0.2, 0.25) is 0 Å². The van der Waals surface area contributed by atoms with E-state index in [4.69, 9.17) is 4.74 Å². The minimum atomic E-state index is -0.0548. The number of hydrogen-bond acceptors (Lipinski definition) is 5. The lowest BCUT2D eigenvalue weighted by molar-refractivity contribution is 0.0993. The summed E-state index contributed by atoms with van der Waals surface area (Å²) in [6, 6.07) is 12.6. The summed E-state index contributed by atoms with van der Waals surface area (Å²) >= 11 is 1.39. The molecular formula is C16H13NO3S. The Morgan fingerprint density at radius 1 is 1.29 bits per heavy atom. The fourth-order valence-corrected chi connectivity index (χ4v) is 3.00. The Balaban J connectivity index is 1.84. The van der Waals surface area contributed by atoms with Crippen molar-refractivity contribution in [1.29, 1.82) is 0 Å². The number of carbonyl (C=O) groups is 1. The summed E-state index contributed by atoms with van der Waals surface area (Å²) in [5.41, 5.74) is 1.57. The van der Waals surface area contributed by atoms with Crippen LogP contribution in [-0.4, -0.2) is 23.0 Å². The van der Waals surface area contributed by atoms with Gasteiger partial charge in [0.15, 0.2) is 22.3 Å². The first-order valence-electron chi connectivity index (χ1n) is 6.42. The quantitative estimate of drug-likeness (QED) is 0.750. The number of fused-ring (bicyclic) bond motifs is 1. The number of aromatic hydroxyl groups is 1. The number of para-hydroxylation sites is 1. The van der Waals surface area contributed by atoms with E-state index < -0.39 is 0 Å². The van der Waals surface area contributed by atoms with Gasteiger partial charge in [0.05, 0.1) is 17.3 Å². The highest BCUT2D eigenvalue weighted by molar-refractivity contribution is 7.20. The molecule has 21 heavy (non-hydrogen) atoms. The molecule has 0 spiro atoms. The van der Waals surface area contributed by atoms with E-state index in [0.717, 1.165) is 15.8 Å². The van der Waals surface area contributed by atoms with Crippen LogP contribution in [0.5, 0.6) is 11.5 Å². The number of phenols is 1. The van der Waals surface area contributed by atoms with Crippen LogP contribution in [0.15, 0.2) is 42.5 Å². The van der Waals surface area contributed by atoms with Gasteiger partial charge in [-0.1, -0.05) is 18.2 Å². The molecule has 106 valence electrons. The van der Waals surface area contributed by atoms with Gasteiger partial charge in [-0.3, -0.25) is 4.79 Å². The average Bonchev–Trinajstić information content (AvgIpc) is 2.91. The van der Waals surface area contributed by atoms with Crippen molar-refractivity contribution < 1.29 is 14.6 Å². The Labute approximate surface area is 125 Å². The van der Waals surface area contributed by atoms with Crippen molar-refractivity contribution in [1.82, 2.24) is 4.98 Å². The standard InChI is InChI=1S/C16H13NO3S/c1-20-14-7-6-10(8-12(14)18)9-13(19)16-17-11-4-2-3-5-15(11)21-16/h2-8,18H,9H2,1H3. The summed E-state index contributed by atoms with van der Waals surface area (Å²) < 4.78 is 5.98. The Kier molecular flexibility index (Phi) is 3.58. The molecule has 0 saturated carbocycles. The third kappa shape index (κ3) is 2.73. The number of methoxy groups -OCH3 is 1. The minimum absolute atomic E-state index is 0.0344. The molecule has 0 saturated heterocycles. The molecule has 0 amide bonds. The van der Waals surface area contributed by atoms with Crippen molar-refractivity contribution in [2.24, 2.45) is 0 Å². The first kappa shape index (κ1) is 13.6. The van der Waals surface area contributed by atoms with E-state index in [0.29, 0.717) is 10.8 Å². The summed E-state index contributed by atoms with van der Waals surface area (Å²) in [6.07, 6.45) is 0.206. The van der Waals surface area contributed by atoms with Crippen molar-refractivity contribution in [3.05, 3.63) is 53.0 Å². The second kappa shape index (κ2) is 5.54. The van der Waals surface area contributed by atoms with E-state index in [1.807, 2.05) is 24.3 Å². The highest BCUT2D eigenvalue weighted by Crippen LogP contribution is 2.27. The molecule has 0 unspecified atom stereocenters. The molecule has 5 heteroatoms. The topological polar surface area (TPSA) is 59.4 Å².